The van der Waals surface area contributed by atoms with Gasteiger partial charge in [0.2, 0.25) is 0 Å². The Morgan fingerprint density at radius 2 is 1.89 bits per heavy atom. The molecule has 0 atom stereocenters. The molecule has 5 nitrogen and oxygen atoms in total. The Balaban J connectivity index is 1.60. The molecule has 0 unspecified atom stereocenters. The van der Waals surface area contributed by atoms with Crippen LogP contribution in [0, 0.1) is 5.82 Å². The topological polar surface area (TPSA) is 56.5 Å². The number of fused-ring (bicyclic) bond motifs is 2. The van der Waals surface area contributed by atoms with Gasteiger partial charge in [0.25, 0.3) is 0 Å². The number of rotatable bonds is 2. The lowest BCUT2D eigenvalue weighted by atomic mass is 9.97. The first-order chi connectivity index (χ1) is 13.7. The molecule has 0 radical (unpaired) electrons. The van der Waals surface area contributed by atoms with Gasteiger partial charge in [-0.05, 0) is 23.8 Å². The highest BCUT2D eigenvalue weighted by molar-refractivity contribution is 5.74. The summed E-state index contributed by atoms with van der Waals surface area (Å²) < 4.78 is 30.3. The smallest absolute Gasteiger partial charge is 0.197 e. The largest absolute Gasteiger partial charge is 0.288 e. The minimum absolute atomic E-state index is 0.348. The number of hydrogen-bond donors (Lipinski definition) is 0. The Hall–Kier alpha value is -3.74. The Kier molecular flexibility index (Phi) is 3.79. The van der Waals surface area contributed by atoms with E-state index in [4.69, 9.17) is 0 Å². The average Bonchev–Trinajstić information content (AvgIpc) is 3.11. The number of hydrogen-bond acceptors (Lipinski definition) is 4. The molecule has 1 aliphatic carbocycles. The first-order valence-corrected chi connectivity index (χ1v) is 8.66. The van der Waals surface area contributed by atoms with Crippen LogP contribution < -0.4 is 0 Å². The zero-order valence-electron chi connectivity index (χ0n) is 14.5. The minimum Gasteiger partial charge on any atom is -0.288 e. The third-order valence-corrected chi connectivity index (χ3v) is 4.61. The molecule has 3 heterocycles. The first kappa shape index (κ1) is 16.4. The van der Waals surface area contributed by atoms with E-state index in [0.717, 1.165) is 5.56 Å². The van der Waals surface area contributed by atoms with Crippen LogP contribution in [0.15, 0.2) is 66.5 Å². The number of pyridine rings is 1. The van der Waals surface area contributed by atoms with Crippen LogP contribution in [0.3, 0.4) is 0 Å². The second-order valence-electron chi connectivity index (χ2n) is 6.41. The van der Waals surface area contributed by atoms with Crippen molar-refractivity contribution in [2.24, 2.45) is 0 Å². The van der Waals surface area contributed by atoms with Gasteiger partial charge in [-0.3, -0.25) is 9.55 Å². The summed E-state index contributed by atoms with van der Waals surface area (Å²) in [7, 11) is 0. The number of allylic oxidation sites excluding steroid dienone is 2. The highest BCUT2D eigenvalue weighted by atomic mass is 19.1. The van der Waals surface area contributed by atoms with Crippen LogP contribution in [-0.2, 0) is 6.42 Å². The van der Waals surface area contributed by atoms with Gasteiger partial charge in [0.1, 0.15) is 18.0 Å². The van der Waals surface area contributed by atoms with Crippen molar-refractivity contribution in [2.75, 3.05) is 0 Å². The molecule has 0 saturated carbocycles. The monoisotopic (exact) mass is 373 g/mol. The van der Waals surface area contributed by atoms with Crippen LogP contribution in [0.1, 0.15) is 11.3 Å². The van der Waals surface area contributed by atoms with Crippen LogP contribution in [0.25, 0.3) is 34.8 Å². The summed E-state index contributed by atoms with van der Waals surface area (Å²) in [5.74, 6) is -0.739. The predicted octanol–water partition coefficient (Wildman–Crippen LogP) is 4.44. The summed E-state index contributed by atoms with van der Waals surface area (Å²) >= 11 is 0. The fraction of sp³-hybridized carbons (Fsp3) is 0.0476. The van der Waals surface area contributed by atoms with E-state index in [1.807, 2.05) is 12.1 Å². The molecule has 3 aromatic heterocycles. The summed E-state index contributed by atoms with van der Waals surface area (Å²) in [6, 6.07) is 10.1. The summed E-state index contributed by atoms with van der Waals surface area (Å²) in [4.78, 5) is 17.2. The molecule has 0 amide bonds. The molecular formula is C21H13F2N5. The zero-order chi connectivity index (χ0) is 19.1. The maximum atomic E-state index is 14.5. The van der Waals surface area contributed by atoms with Gasteiger partial charge in [-0.2, -0.15) is 0 Å². The molecular weight excluding hydrogens is 360 g/mol. The van der Waals surface area contributed by atoms with Gasteiger partial charge >= 0.3 is 0 Å². The number of imidazole rings is 1. The molecule has 1 aliphatic rings. The van der Waals surface area contributed by atoms with Crippen LogP contribution >= 0.6 is 0 Å². The fourth-order valence-corrected chi connectivity index (χ4v) is 3.21. The zero-order valence-corrected chi connectivity index (χ0v) is 14.5. The van der Waals surface area contributed by atoms with Crippen molar-refractivity contribution in [2.45, 2.75) is 6.42 Å². The molecule has 5 rings (SSSR count). The van der Waals surface area contributed by atoms with E-state index in [9.17, 15) is 8.78 Å². The predicted molar refractivity (Wildman–Crippen MR) is 102 cm³/mol. The molecule has 7 heteroatoms. The molecule has 1 aromatic carbocycles. The van der Waals surface area contributed by atoms with Gasteiger partial charge in [0.05, 0.1) is 17.6 Å². The SMILES string of the molecule is FC1=Cc2ncccc2CC1=Cn1cnc2ncc(-c3ccccc3F)nc21. The number of nitrogens with zero attached hydrogens (tertiary/aromatic N) is 5. The van der Waals surface area contributed by atoms with Crippen LogP contribution in [0.4, 0.5) is 8.78 Å². The van der Waals surface area contributed by atoms with Crippen LogP contribution in [0.2, 0.25) is 0 Å². The van der Waals surface area contributed by atoms with E-state index >= 15 is 0 Å². The lowest BCUT2D eigenvalue weighted by molar-refractivity contribution is 0.630. The first-order valence-electron chi connectivity index (χ1n) is 8.66. The van der Waals surface area contributed by atoms with E-state index in [-0.39, 0.29) is 11.6 Å². The normalized spacial score (nSPS) is 14.9. The van der Waals surface area contributed by atoms with Gasteiger partial charge in [-0.15, -0.1) is 0 Å². The van der Waals surface area contributed by atoms with Gasteiger partial charge in [-0.1, -0.05) is 18.2 Å². The summed E-state index contributed by atoms with van der Waals surface area (Å²) in [5, 5.41) is 0. The average molecular weight is 373 g/mol. The second kappa shape index (κ2) is 6.45. The molecule has 4 aromatic rings. The van der Waals surface area contributed by atoms with Crippen molar-refractivity contribution in [3.05, 3.63) is 83.6 Å². The summed E-state index contributed by atoms with van der Waals surface area (Å²) in [6.45, 7) is 0. The van der Waals surface area contributed by atoms with Crippen molar-refractivity contribution >= 4 is 23.6 Å². The Morgan fingerprint density at radius 3 is 2.79 bits per heavy atom. The van der Waals surface area contributed by atoms with Crippen molar-refractivity contribution in [3.8, 4) is 11.3 Å². The fourth-order valence-electron chi connectivity index (χ4n) is 3.21. The number of halogens is 2. The number of benzene rings is 1. The highest BCUT2D eigenvalue weighted by Crippen LogP contribution is 2.29. The standard InChI is InChI=1S/C21H13F2N5/c22-16-6-2-1-5-15(16)19-10-25-20-21(27-19)28(12-26-20)11-14-8-13-4-3-7-24-18(13)9-17(14)23/h1-7,9-12H,8H2. The van der Waals surface area contributed by atoms with Crippen molar-refractivity contribution in [1.82, 2.24) is 24.5 Å². The molecule has 0 fully saturated rings. The van der Waals surface area contributed by atoms with Crippen molar-refractivity contribution < 1.29 is 8.78 Å². The van der Waals surface area contributed by atoms with Crippen molar-refractivity contribution in [1.29, 1.82) is 0 Å². The quantitative estimate of drug-likeness (QED) is 0.521. The maximum absolute atomic E-state index is 14.5. The molecule has 0 spiro atoms. The molecule has 136 valence electrons. The maximum Gasteiger partial charge on any atom is 0.197 e. The van der Waals surface area contributed by atoms with Gasteiger partial charge in [0.15, 0.2) is 11.3 Å². The van der Waals surface area contributed by atoms with Gasteiger partial charge in [-0.25, -0.2) is 23.7 Å². The molecule has 0 aliphatic heterocycles. The third kappa shape index (κ3) is 2.77. The van der Waals surface area contributed by atoms with Gasteiger partial charge < -0.3 is 0 Å². The lowest BCUT2D eigenvalue weighted by Crippen LogP contribution is -2.04. The van der Waals surface area contributed by atoms with Gasteiger partial charge in [0, 0.05) is 36.0 Å². The molecule has 0 bridgehead atoms. The Bertz CT molecular complexity index is 1270. The summed E-state index contributed by atoms with van der Waals surface area (Å²) in [6.07, 6.45) is 8.10. The second-order valence-corrected chi connectivity index (χ2v) is 6.41. The third-order valence-electron chi connectivity index (χ3n) is 4.61. The number of aromatic nitrogens is 5. The highest BCUT2D eigenvalue weighted by Gasteiger charge is 2.17. The molecule has 0 N–H and O–H groups in total. The molecule has 0 saturated heterocycles. The summed E-state index contributed by atoms with van der Waals surface area (Å²) in [5.41, 5.74) is 3.63. The van der Waals surface area contributed by atoms with Crippen molar-refractivity contribution in [3.63, 3.8) is 0 Å². The Labute approximate surface area is 158 Å². The Morgan fingerprint density at radius 1 is 1.00 bits per heavy atom. The van der Waals surface area contributed by atoms with Crippen LogP contribution in [-0.4, -0.2) is 24.5 Å². The molecule has 28 heavy (non-hydrogen) atoms. The lowest BCUT2D eigenvalue weighted by Gasteiger charge is -2.14. The van der Waals surface area contributed by atoms with E-state index < -0.39 is 0 Å². The van der Waals surface area contributed by atoms with E-state index in [0.29, 0.717) is 40.2 Å². The van der Waals surface area contributed by atoms with E-state index in [2.05, 4.69) is 19.9 Å². The van der Waals surface area contributed by atoms with Crippen LogP contribution in [0.5, 0.6) is 0 Å². The van der Waals surface area contributed by atoms with E-state index in [1.165, 1.54) is 24.7 Å². The minimum atomic E-state index is -0.383. The van der Waals surface area contributed by atoms with E-state index in [1.54, 1.807) is 35.2 Å².